The lowest BCUT2D eigenvalue weighted by Crippen LogP contribution is -2.30. The Kier molecular flexibility index (Phi) is 11.8. The number of rotatable bonds is 13. The summed E-state index contributed by atoms with van der Waals surface area (Å²) in [6, 6.07) is 14.8. The van der Waals surface area contributed by atoms with Crippen molar-refractivity contribution >= 4 is 70.3 Å². The van der Waals surface area contributed by atoms with Crippen molar-refractivity contribution in [1.29, 1.82) is 0 Å². The largest absolute Gasteiger partial charge is 0.482 e. The fourth-order valence-corrected chi connectivity index (χ4v) is 5.24. The molecular weight excluding hydrogens is 603 g/mol. The zero-order chi connectivity index (χ0) is 28.6. The molecule has 0 aliphatic carbocycles. The first kappa shape index (κ1) is 32.3. The Morgan fingerprint density at radius 1 is 0.974 bits per heavy atom. The van der Waals surface area contributed by atoms with Gasteiger partial charge in [-0.15, -0.1) is 9.88 Å². The summed E-state index contributed by atoms with van der Waals surface area (Å²) in [6.45, 7) is 6.19. The Morgan fingerprint density at radius 2 is 1.45 bits per heavy atom. The van der Waals surface area contributed by atoms with Crippen LogP contribution in [0.25, 0.3) is 10.4 Å². The minimum Gasteiger partial charge on any atom is -0.482 e. The van der Waals surface area contributed by atoms with E-state index in [2.05, 4.69) is 20.2 Å². The van der Waals surface area contributed by atoms with Crippen LogP contribution in [0.3, 0.4) is 0 Å². The molecule has 0 saturated carbocycles. The zero-order valence-electron chi connectivity index (χ0n) is 21.9. The van der Waals surface area contributed by atoms with E-state index in [-0.39, 0.29) is 0 Å². The van der Waals surface area contributed by atoms with Gasteiger partial charge in [0.15, 0.2) is 17.5 Å². The van der Waals surface area contributed by atoms with Crippen LogP contribution in [0.15, 0.2) is 63.8 Å². The van der Waals surface area contributed by atoms with E-state index in [1.54, 1.807) is 50.2 Å². The smallest absolute Gasteiger partial charge is 0.358 e. The van der Waals surface area contributed by atoms with Gasteiger partial charge in [0.05, 0.1) is 19.5 Å². The van der Waals surface area contributed by atoms with Gasteiger partial charge in [0.2, 0.25) is 4.89 Å². The second kappa shape index (κ2) is 13.9. The number of hydrogen-bond donors (Lipinski definition) is 0. The number of hydrazone groups is 2. The van der Waals surface area contributed by atoms with E-state index in [0.717, 1.165) is 11.1 Å². The van der Waals surface area contributed by atoms with Crippen molar-refractivity contribution in [3.8, 4) is 11.5 Å². The van der Waals surface area contributed by atoms with E-state index in [1.165, 1.54) is 4.78 Å². The number of azide groups is 1. The molecule has 0 aliphatic rings. The summed E-state index contributed by atoms with van der Waals surface area (Å²) in [5.41, 5.74) is 9.37. The summed E-state index contributed by atoms with van der Waals surface area (Å²) in [7, 11) is 3.49. The Balaban J connectivity index is 2.05. The number of ether oxygens (including phenoxy) is 2. The van der Waals surface area contributed by atoms with Gasteiger partial charge in [-0.25, -0.2) is 4.78 Å². The quantitative estimate of drug-likeness (QED) is 0.0549. The number of benzene rings is 2. The molecule has 2 rings (SSSR count). The van der Waals surface area contributed by atoms with Crippen molar-refractivity contribution in [3.05, 3.63) is 70.1 Å². The van der Waals surface area contributed by atoms with Crippen LogP contribution in [0.1, 0.15) is 45.2 Å². The Bertz CT molecular complexity index is 1270. The molecule has 0 bridgehead atoms. The van der Waals surface area contributed by atoms with Crippen LogP contribution in [-0.2, 0) is 23.6 Å². The highest BCUT2D eigenvalue weighted by Crippen LogP contribution is 2.59. The molecule has 2 aromatic rings. The minimum atomic E-state index is -2.65. The molecule has 204 valence electrons. The number of nitrogens with zero attached hydrogens (tertiary/aromatic N) is 7. The van der Waals surface area contributed by atoms with Gasteiger partial charge in [0.1, 0.15) is 11.5 Å². The third-order valence-corrected chi connectivity index (χ3v) is 11.7. The maximum atomic E-state index is 8.64. The van der Waals surface area contributed by atoms with E-state index in [9.17, 15) is 0 Å². The number of hydrogen-bond acceptors (Lipinski definition) is 7. The molecular formula is C23H30Cl2N7O2P2S2+. The van der Waals surface area contributed by atoms with Crippen molar-refractivity contribution in [2.45, 2.75) is 45.2 Å². The van der Waals surface area contributed by atoms with Crippen LogP contribution in [0.4, 0.5) is 0 Å². The fraction of sp³-hybridized carbons (Fsp3) is 0.391. The first-order chi connectivity index (χ1) is 17.7. The van der Waals surface area contributed by atoms with Crippen molar-refractivity contribution in [2.75, 3.05) is 14.1 Å². The molecule has 15 heteroatoms. The normalized spacial score (nSPS) is 14.1. The molecule has 2 aromatic carbocycles. The highest BCUT2D eigenvalue weighted by molar-refractivity contribution is 8.37. The first-order valence-electron chi connectivity index (χ1n) is 11.4. The lowest BCUT2D eigenvalue weighted by atomic mass is 10.2. The van der Waals surface area contributed by atoms with Crippen LogP contribution < -0.4 is 9.47 Å². The SMILES string of the molecule is CCC(C)(Oc1ccc(/C=N/N(C)P(=S)(Cl)Cl)cc1)[P+](=S)N(C)/N=C/c1ccc(OC(C)(C)N=[N+]=[N-])cc1. The standard InChI is InChI=1S/C23H30Cl2N7O2P2S2/c1-7-23(4,34-21-14-10-19(11-15-21)17-28-32(6)36(24,25)38)35(37)31(5)27-16-18-8-12-20(13-9-18)33-22(2,3)29-30-26/h8-17H,7H2,1-6H3/q+1/b27-16+,28-17+. The molecule has 0 spiro atoms. The summed E-state index contributed by atoms with van der Waals surface area (Å²) in [5, 5.41) is 11.8. The van der Waals surface area contributed by atoms with E-state index in [4.69, 9.17) is 61.1 Å². The van der Waals surface area contributed by atoms with Gasteiger partial charge >= 0.3 is 6.85 Å². The third kappa shape index (κ3) is 9.97. The van der Waals surface area contributed by atoms with E-state index < -0.39 is 22.8 Å². The highest BCUT2D eigenvalue weighted by Gasteiger charge is 2.45. The molecule has 0 aliphatic heterocycles. The van der Waals surface area contributed by atoms with E-state index in [0.29, 0.717) is 17.9 Å². The molecule has 38 heavy (non-hydrogen) atoms. The second-order valence-corrected chi connectivity index (χ2v) is 19.5. The summed E-state index contributed by atoms with van der Waals surface area (Å²) >= 11 is 22.8. The summed E-state index contributed by atoms with van der Waals surface area (Å²) in [4.78, 5) is 0.151. The topological polar surface area (TPSA) is 98.4 Å². The molecule has 0 fully saturated rings. The van der Waals surface area contributed by atoms with Crippen LogP contribution in [0, 0.1) is 0 Å². The molecule has 0 radical (unpaired) electrons. The van der Waals surface area contributed by atoms with Crippen molar-refractivity contribution < 1.29 is 9.47 Å². The van der Waals surface area contributed by atoms with Gasteiger partial charge in [0.25, 0.3) is 5.34 Å². The maximum Gasteiger partial charge on any atom is 0.358 e. The third-order valence-electron chi connectivity index (χ3n) is 5.16. The lowest BCUT2D eigenvalue weighted by molar-refractivity contribution is 0.117. The van der Waals surface area contributed by atoms with Crippen molar-refractivity contribution in [1.82, 2.24) is 9.56 Å². The first-order valence-corrected chi connectivity index (χ1v) is 18.2. The fourth-order valence-electron chi connectivity index (χ4n) is 2.87. The highest BCUT2D eigenvalue weighted by atomic mass is 35.9. The molecule has 0 amide bonds. The minimum absolute atomic E-state index is 0.586. The molecule has 0 saturated heterocycles. The van der Waals surface area contributed by atoms with Crippen LogP contribution in [0.2, 0.25) is 0 Å². The van der Waals surface area contributed by atoms with Crippen molar-refractivity contribution in [2.24, 2.45) is 15.3 Å². The van der Waals surface area contributed by atoms with Crippen LogP contribution >= 0.6 is 34.2 Å². The van der Waals surface area contributed by atoms with Crippen LogP contribution in [-0.4, -0.2) is 47.2 Å². The Morgan fingerprint density at radius 3 is 1.89 bits per heavy atom. The molecule has 9 nitrogen and oxygen atoms in total. The average molecular weight is 634 g/mol. The van der Waals surface area contributed by atoms with Crippen molar-refractivity contribution in [3.63, 3.8) is 0 Å². The van der Waals surface area contributed by atoms with Crippen LogP contribution in [0.5, 0.6) is 11.5 Å². The Labute approximate surface area is 244 Å². The molecule has 0 aromatic heterocycles. The van der Waals surface area contributed by atoms with Gasteiger partial charge in [-0.3, -0.25) is 0 Å². The maximum absolute atomic E-state index is 8.64. The Hall–Kier alpha value is -1.96. The molecule has 2 unspecified atom stereocenters. The van der Waals surface area contributed by atoms with E-state index >= 15 is 0 Å². The number of halogens is 2. The summed E-state index contributed by atoms with van der Waals surface area (Å²) in [5.74, 6) is 1.27. The zero-order valence-corrected chi connectivity index (χ0v) is 26.8. The van der Waals surface area contributed by atoms with Gasteiger partial charge < -0.3 is 9.47 Å². The predicted octanol–water partition coefficient (Wildman–Crippen LogP) is 8.41. The molecule has 0 N–H and O–H groups in total. The molecule has 0 heterocycles. The summed E-state index contributed by atoms with van der Waals surface area (Å²) < 4.78 is 15.2. The summed E-state index contributed by atoms with van der Waals surface area (Å²) in [6.07, 6.45) is 4.06. The van der Waals surface area contributed by atoms with Gasteiger partial charge in [-0.05, 0) is 118 Å². The second-order valence-electron chi connectivity index (χ2n) is 8.68. The van der Waals surface area contributed by atoms with Gasteiger partial charge in [0, 0.05) is 25.3 Å². The monoisotopic (exact) mass is 632 g/mol. The van der Waals surface area contributed by atoms with Gasteiger partial charge in [-0.1, -0.05) is 6.92 Å². The molecule has 2 atom stereocenters. The van der Waals surface area contributed by atoms with Gasteiger partial charge in [-0.2, -0.15) is 5.10 Å². The predicted molar refractivity (Wildman–Crippen MR) is 167 cm³/mol. The lowest BCUT2D eigenvalue weighted by Gasteiger charge is -2.23. The van der Waals surface area contributed by atoms with E-state index in [1.807, 2.05) is 57.3 Å². The average Bonchev–Trinajstić information content (AvgIpc) is 2.86.